The summed E-state index contributed by atoms with van der Waals surface area (Å²) in [5.41, 5.74) is 1.65. The minimum atomic E-state index is -0.664. The summed E-state index contributed by atoms with van der Waals surface area (Å²) in [5.74, 6) is 0.635. The number of benzene rings is 1. The van der Waals surface area contributed by atoms with Crippen molar-refractivity contribution in [1.82, 2.24) is 9.78 Å². The van der Waals surface area contributed by atoms with E-state index in [2.05, 4.69) is 5.10 Å². The molecule has 0 spiro atoms. The van der Waals surface area contributed by atoms with Gasteiger partial charge in [-0.3, -0.25) is 4.68 Å². The standard InChI is InChI=1S/C13H15ClN2O2/c1-16-8-9(7-15-16)5-12(17)11-6-10(14)3-4-13(11)18-2/h3-4,6-8,12,17H,5H2,1-2H3. The number of hydrogen-bond donors (Lipinski definition) is 1. The third-order valence-electron chi connectivity index (χ3n) is 2.74. The SMILES string of the molecule is COc1ccc(Cl)cc1C(O)Cc1cnn(C)c1. The van der Waals surface area contributed by atoms with Crippen molar-refractivity contribution >= 4 is 11.6 Å². The smallest absolute Gasteiger partial charge is 0.124 e. The molecule has 0 radical (unpaired) electrons. The van der Waals surface area contributed by atoms with Crippen LogP contribution < -0.4 is 4.74 Å². The molecule has 0 saturated heterocycles. The van der Waals surface area contributed by atoms with Crippen molar-refractivity contribution in [1.29, 1.82) is 0 Å². The second-order valence-corrected chi connectivity index (χ2v) is 4.56. The Morgan fingerprint density at radius 2 is 2.28 bits per heavy atom. The molecule has 4 nitrogen and oxygen atoms in total. The van der Waals surface area contributed by atoms with Gasteiger partial charge in [0.2, 0.25) is 0 Å². The largest absolute Gasteiger partial charge is 0.496 e. The highest BCUT2D eigenvalue weighted by Gasteiger charge is 2.15. The van der Waals surface area contributed by atoms with Crippen molar-refractivity contribution in [2.24, 2.45) is 7.05 Å². The van der Waals surface area contributed by atoms with Crippen LogP contribution in [0.15, 0.2) is 30.6 Å². The zero-order valence-corrected chi connectivity index (χ0v) is 11.1. The van der Waals surface area contributed by atoms with Crippen LogP contribution in [-0.4, -0.2) is 22.0 Å². The first kappa shape index (κ1) is 12.9. The molecule has 0 amide bonds. The average Bonchev–Trinajstić information content (AvgIpc) is 2.74. The van der Waals surface area contributed by atoms with Gasteiger partial charge in [-0.05, 0) is 23.8 Å². The Labute approximate surface area is 111 Å². The van der Waals surface area contributed by atoms with Gasteiger partial charge < -0.3 is 9.84 Å². The Bertz CT molecular complexity index is 540. The van der Waals surface area contributed by atoms with Crippen LogP contribution in [0.5, 0.6) is 5.75 Å². The molecule has 0 fully saturated rings. The van der Waals surface area contributed by atoms with E-state index in [4.69, 9.17) is 16.3 Å². The van der Waals surface area contributed by atoms with Crippen molar-refractivity contribution < 1.29 is 9.84 Å². The molecule has 1 aromatic heterocycles. The lowest BCUT2D eigenvalue weighted by Crippen LogP contribution is -2.03. The molecule has 1 heterocycles. The number of halogens is 1. The number of aliphatic hydroxyl groups is 1. The Kier molecular flexibility index (Phi) is 3.89. The van der Waals surface area contributed by atoms with E-state index in [1.807, 2.05) is 13.2 Å². The molecule has 1 atom stereocenters. The van der Waals surface area contributed by atoms with Crippen LogP contribution >= 0.6 is 11.6 Å². The predicted octanol–water partition coefficient (Wildman–Crippen LogP) is 2.36. The molecule has 0 aliphatic heterocycles. The lowest BCUT2D eigenvalue weighted by molar-refractivity contribution is 0.174. The fourth-order valence-corrected chi connectivity index (χ4v) is 2.06. The molecule has 0 aliphatic rings. The van der Waals surface area contributed by atoms with E-state index < -0.39 is 6.10 Å². The first-order valence-corrected chi connectivity index (χ1v) is 5.97. The molecule has 0 bridgehead atoms. The van der Waals surface area contributed by atoms with E-state index in [9.17, 15) is 5.11 Å². The minimum absolute atomic E-state index is 0.477. The number of hydrogen-bond acceptors (Lipinski definition) is 3. The number of aliphatic hydroxyl groups excluding tert-OH is 1. The maximum absolute atomic E-state index is 10.2. The fraction of sp³-hybridized carbons (Fsp3) is 0.308. The van der Waals surface area contributed by atoms with Crippen molar-refractivity contribution in [2.45, 2.75) is 12.5 Å². The summed E-state index contributed by atoms with van der Waals surface area (Å²) >= 11 is 5.94. The normalized spacial score (nSPS) is 12.4. The number of aryl methyl sites for hydroxylation is 1. The molecule has 1 unspecified atom stereocenters. The van der Waals surface area contributed by atoms with E-state index >= 15 is 0 Å². The molecule has 5 heteroatoms. The summed E-state index contributed by atoms with van der Waals surface area (Å²) in [6.07, 6.45) is 3.42. The zero-order valence-electron chi connectivity index (χ0n) is 10.3. The molecule has 2 rings (SSSR count). The molecular formula is C13H15ClN2O2. The topological polar surface area (TPSA) is 47.3 Å². The van der Waals surface area contributed by atoms with Crippen LogP contribution in [0.2, 0.25) is 5.02 Å². The van der Waals surface area contributed by atoms with Gasteiger partial charge in [0.25, 0.3) is 0 Å². The van der Waals surface area contributed by atoms with Crippen LogP contribution in [0.25, 0.3) is 0 Å². The van der Waals surface area contributed by atoms with Crippen LogP contribution in [0.1, 0.15) is 17.2 Å². The van der Waals surface area contributed by atoms with E-state index in [1.54, 1.807) is 36.2 Å². The Balaban J connectivity index is 2.22. The van der Waals surface area contributed by atoms with Gasteiger partial charge in [-0.25, -0.2) is 0 Å². The lowest BCUT2D eigenvalue weighted by Gasteiger charge is -2.14. The van der Waals surface area contributed by atoms with Gasteiger partial charge in [0.05, 0.1) is 19.4 Å². The molecule has 2 aromatic rings. The Hall–Kier alpha value is -1.52. The van der Waals surface area contributed by atoms with Gasteiger partial charge in [-0.2, -0.15) is 5.10 Å². The van der Waals surface area contributed by atoms with Crippen LogP contribution in [0, 0.1) is 0 Å². The second kappa shape index (κ2) is 5.42. The average molecular weight is 267 g/mol. The quantitative estimate of drug-likeness (QED) is 0.924. The predicted molar refractivity (Wildman–Crippen MR) is 69.9 cm³/mol. The van der Waals surface area contributed by atoms with Crippen molar-refractivity contribution in [3.8, 4) is 5.75 Å². The van der Waals surface area contributed by atoms with Gasteiger partial charge in [-0.15, -0.1) is 0 Å². The molecule has 0 saturated carbocycles. The van der Waals surface area contributed by atoms with Gasteiger partial charge in [-0.1, -0.05) is 11.6 Å². The lowest BCUT2D eigenvalue weighted by atomic mass is 10.0. The van der Waals surface area contributed by atoms with E-state index in [0.717, 1.165) is 5.56 Å². The third-order valence-corrected chi connectivity index (χ3v) is 2.97. The molecular weight excluding hydrogens is 252 g/mol. The highest BCUT2D eigenvalue weighted by Crippen LogP contribution is 2.30. The van der Waals surface area contributed by atoms with E-state index in [1.165, 1.54) is 0 Å². The molecule has 1 aromatic carbocycles. The summed E-state index contributed by atoms with van der Waals surface area (Å²) in [5, 5.41) is 14.9. The van der Waals surface area contributed by atoms with Crippen molar-refractivity contribution in [2.75, 3.05) is 7.11 Å². The van der Waals surface area contributed by atoms with Gasteiger partial charge >= 0.3 is 0 Å². The fourth-order valence-electron chi connectivity index (χ4n) is 1.88. The van der Waals surface area contributed by atoms with Gasteiger partial charge in [0.15, 0.2) is 0 Å². The summed E-state index contributed by atoms with van der Waals surface area (Å²) in [7, 11) is 3.42. The number of rotatable bonds is 4. The van der Waals surface area contributed by atoms with Crippen LogP contribution in [0.3, 0.4) is 0 Å². The zero-order chi connectivity index (χ0) is 13.1. The number of aromatic nitrogens is 2. The molecule has 96 valence electrons. The van der Waals surface area contributed by atoms with Crippen LogP contribution in [-0.2, 0) is 13.5 Å². The highest BCUT2D eigenvalue weighted by atomic mass is 35.5. The summed E-state index contributed by atoms with van der Waals surface area (Å²) < 4.78 is 6.93. The van der Waals surface area contributed by atoms with Crippen molar-refractivity contribution in [3.05, 3.63) is 46.7 Å². The van der Waals surface area contributed by atoms with Gasteiger partial charge in [0.1, 0.15) is 5.75 Å². The summed E-state index contributed by atoms with van der Waals surface area (Å²) in [4.78, 5) is 0. The Morgan fingerprint density at radius 3 is 2.89 bits per heavy atom. The summed E-state index contributed by atoms with van der Waals surface area (Å²) in [6, 6.07) is 5.21. The number of methoxy groups -OCH3 is 1. The minimum Gasteiger partial charge on any atom is -0.496 e. The molecule has 0 aliphatic carbocycles. The maximum Gasteiger partial charge on any atom is 0.124 e. The number of nitrogens with zero attached hydrogens (tertiary/aromatic N) is 2. The van der Waals surface area contributed by atoms with Crippen LogP contribution in [0.4, 0.5) is 0 Å². The summed E-state index contributed by atoms with van der Waals surface area (Å²) in [6.45, 7) is 0. The highest BCUT2D eigenvalue weighted by molar-refractivity contribution is 6.30. The number of ether oxygens (including phenoxy) is 1. The first-order valence-electron chi connectivity index (χ1n) is 5.59. The second-order valence-electron chi connectivity index (χ2n) is 4.13. The Morgan fingerprint density at radius 1 is 1.50 bits per heavy atom. The van der Waals surface area contributed by atoms with Gasteiger partial charge in [0, 0.05) is 30.3 Å². The maximum atomic E-state index is 10.2. The first-order chi connectivity index (χ1) is 8.60. The van der Waals surface area contributed by atoms with E-state index in [-0.39, 0.29) is 0 Å². The molecule has 18 heavy (non-hydrogen) atoms. The molecule has 1 N–H and O–H groups in total. The third kappa shape index (κ3) is 2.83. The monoisotopic (exact) mass is 266 g/mol. The van der Waals surface area contributed by atoms with E-state index in [0.29, 0.717) is 22.8 Å². The van der Waals surface area contributed by atoms with Crippen molar-refractivity contribution in [3.63, 3.8) is 0 Å².